The second kappa shape index (κ2) is 7.95. The largest absolute Gasteiger partial charge is 0.388 e. The van der Waals surface area contributed by atoms with Crippen LogP contribution in [0.1, 0.15) is 46.0 Å². The fraction of sp³-hybridized carbons (Fsp3) is 0.923. The van der Waals surface area contributed by atoms with Gasteiger partial charge in [0.1, 0.15) is 0 Å². The molecule has 1 heterocycles. The summed E-state index contributed by atoms with van der Waals surface area (Å²) in [4.78, 5) is 0. The van der Waals surface area contributed by atoms with Crippen LogP contribution >= 0.6 is 0 Å². The van der Waals surface area contributed by atoms with Crippen molar-refractivity contribution in [3.63, 3.8) is 0 Å². The van der Waals surface area contributed by atoms with E-state index in [0.29, 0.717) is 32.6 Å². The molecule has 0 atom stereocenters. The lowest BCUT2D eigenvalue weighted by molar-refractivity contribution is 0.322. The molecule has 7 heteroatoms. The maximum atomic E-state index is 12.7. The Balaban J connectivity index is 2.81. The van der Waals surface area contributed by atoms with Gasteiger partial charge in [-0.1, -0.05) is 26.7 Å². The number of rotatable bonds is 7. The first-order chi connectivity index (χ1) is 9.34. The predicted octanol–water partition coefficient (Wildman–Crippen LogP) is 1.39. The van der Waals surface area contributed by atoms with E-state index in [0.717, 1.165) is 25.7 Å². The van der Waals surface area contributed by atoms with E-state index in [1.54, 1.807) is 4.31 Å². The van der Waals surface area contributed by atoms with Gasteiger partial charge >= 0.3 is 0 Å². The van der Waals surface area contributed by atoms with Gasteiger partial charge in [-0.15, -0.1) is 0 Å². The smallest absolute Gasteiger partial charge is 0.281 e. The summed E-state index contributed by atoms with van der Waals surface area (Å²) < 4.78 is 28.5. The molecule has 1 aliphatic heterocycles. The topological polar surface area (TPSA) is 90.5 Å². The highest BCUT2D eigenvalue weighted by Gasteiger charge is 2.30. The van der Waals surface area contributed by atoms with Gasteiger partial charge in [0, 0.05) is 32.6 Å². The zero-order valence-corrected chi connectivity index (χ0v) is 13.5. The van der Waals surface area contributed by atoms with Gasteiger partial charge < -0.3 is 5.73 Å². The number of amidine groups is 1. The molecule has 1 aliphatic rings. The number of hydrogen-bond acceptors (Lipinski definition) is 3. The Morgan fingerprint density at radius 1 is 1.25 bits per heavy atom. The van der Waals surface area contributed by atoms with Crippen LogP contribution in [-0.4, -0.2) is 49.0 Å². The van der Waals surface area contributed by atoms with E-state index in [4.69, 9.17) is 11.1 Å². The molecule has 1 saturated heterocycles. The minimum atomic E-state index is -3.42. The van der Waals surface area contributed by atoms with Crippen molar-refractivity contribution in [2.75, 3.05) is 26.2 Å². The first kappa shape index (κ1) is 17.4. The van der Waals surface area contributed by atoms with Crippen molar-refractivity contribution < 1.29 is 8.42 Å². The van der Waals surface area contributed by atoms with Crippen LogP contribution in [0.2, 0.25) is 0 Å². The van der Waals surface area contributed by atoms with Crippen molar-refractivity contribution in [3.8, 4) is 0 Å². The zero-order valence-electron chi connectivity index (χ0n) is 12.6. The van der Waals surface area contributed by atoms with Gasteiger partial charge in [0.2, 0.25) is 0 Å². The minimum Gasteiger partial charge on any atom is -0.388 e. The van der Waals surface area contributed by atoms with E-state index in [-0.39, 0.29) is 11.8 Å². The number of nitrogens with one attached hydrogen (secondary N) is 1. The van der Waals surface area contributed by atoms with Gasteiger partial charge in [-0.05, 0) is 18.8 Å². The highest BCUT2D eigenvalue weighted by Crippen LogP contribution is 2.17. The van der Waals surface area contributed by atoms with Crippen LogP contribution in [0.5, 0.6) is 0 Å². The molecule has 0 spiro atoms. The molecule has 0 aromatic rings. The first-order valence-electron chi connectivity index (χ1n) is 7.42. The molecular weight excluding hydrogens is 276 g/mol. The molecule has 0 unspecified atom stereocenters. The second-order valence-corrected chi connectivity index (χ2v) is 7.78. The van der Waals surface area contributed by atoms with Crippen LogP contribution in [0.3, 0.4) is 0 Å². The van der Waals surface area contributed by atoms with E-state index < -0.39 is 10.2 Å². The van der Waals surface area contributed by atoms with Gasteiger partial charge in [0.05, 0.1) is 5.84 Å². The predicted molar refractivity (Wildman–Crippen MR) is 81.9 cm³/mol. The van der Waals surface area contributed by atoms with E-state index in [1.165, 1.54) is 4.31 Å². The Kier molecular flexibility index (Phi) is 6.91. The molecule has 20 heavy (non-hydrogen) atoms. The quantitative estimate of drug-likeness (QED) is 0.550. The zero-order chi connectivity index (χ0) is 15.2. The Bertz CT molecular complexity index is 401. The van der Waals surface area contributed by atoms with Crippen molar-refractivity contribution in [1.29, 1.82) is 5.41 Å². The summed E-state index contributed by atoms with van der Waals surface area (Å²) in [5.74, 6) is 0.286. The summed E-state index contributed by atoms with van der Waals surface area (Å²) in [6.45, 7) is 5.99. The van der Waals surface area contributed by atoms with Crippen LogP contribution in [0, 0.1) is 11.3 Å². The van der Waals surface area contributed by atoms with Crippen molar-refractivity contribution >= 4 is 16.0 Å². The summed E-state index contributed by atoms with van der Waals surface area (Å²) in [5.41, 5.74) is 5.37. The molecule has 1 fully saturated rings. The monoisotopic (exact) mass is 304 g/mol. The van der Waals surface area contributed by atoms with Crippen molar-refractivity contribution in [2.45, 2.75) is 46.0 Å². The van der Waals surface area contributed by atoms with Crippen LogP contribution in [0.25, 0.3) is 0 Å². The molecule has 3 N–H and O–H groups in total. The SMILES string of the molecule is CC(C)CN(CCC(=N)N)S(=O)(=O)N1CCCCCC1. The molecule has 0 bridgehead atoms. The molecule has 0 aromatic heterocycles. The maximum Gasteiger partial charge on any atom is 0.281 e. The average molecular weight is 304 g/mol. The normalized spacial score (nSPS) is 18.4. The summed E-state index contributed by atoms with van der Waals surface area (Å²) in [5, 5.41) is 7.30. The Labute approximate surface area is 123 Å². The van der Waals surface area contributed by atoms with Gasteiger partial charge in [0.25, 0.3) is 10.2 Å². The molecule has 0 aromatic carbocycles. The summed E-state index contributed by atoms with van der Waals surface area (Å²) in [7, 11) is -3.42. The van der Waals surface area contributed by atoms with E-state index in [9.17, 15) is 8.42 Å². The number of hydrogen-bond donors (Lipinski definition) is 2. The third-order valence-corrected chi connectivity index (χ3v) is 5.42. The fourth-order valence-electron chi connectivity index (χ4n) is 2.39. The van der Waals surface area contributed by atoms with Gasteiger partial charge in [-0.3, -0.25) is 5.41 Å². The third-order valence-electron chi connectivity index (χ3n) is 3.42. The highest BCUT2D eigenvalue weighted by atomic mass is 32.2. The molecule has 1 rings (SSSR count). The number of nitrogens with two attached hydrogens (primary N) is 1. The second-order valence-electron chi connectivity index (χ2n) is 5.85. The molecule has 0 amide bonds. The highest BCUT2D eigenvalue weighted by molar-refractivity contribution is 7.86. The molecule has 0 saturated carbocycles. The maximum absolute atomic E-state index is 12.7. The van der Waals surface area contributed by atoms with E-state index in [1.807, 2.05) is 13.8 Å². The molecule has 0 aliphatic carbocycles. The standard InChI is InChI=1S/C13H28N4O2S/c1-12(2)11-17(10-7-13(14)15)20(18,19)16-8-5-3-4-6-9-16/h12H,3-11H2,1-2H3,(H3,14,15). The van der Waals surface area contributed by atoms with Crippen molar-refractivity contribution in [3.05, 3.63) is 0 Å². The Morgan fingerprint density at radius 3 is 2.25 bits per heavy atom. The van der Waals surface area contributed by atoms with Crippen LogP contribution in [0.15, 0.2) is 0 Å². The lowest BCUT2D eigenvalue weighted by Crippen LogP contribution is -2.46. The molecular formula is C13H28N4O2S. The fourth-order valence-corrected chi connectivity index (χ4v) is 4.24. The summed E-state index contributed by atoms with van der Waals surface area (Å²) in [6.07, 6.45) is 4.36. The summed E-state index contributed by atoms with van der Waals surface area (Å²) in [6, 6.07) is 0. The molecule has 118 valence electrons. The van der Waals surface area contributed by atoms with E-state index >= 15 is 0 Å². The average Bonchev–Trinajstić information content (AvgIpc) is 2.62. The molecule has 0 radical (unpaired) electrons. The van der Waals surface area contributed by atoms with Crippen LogP contribution < -0.4 is 5.73 Å². The summed E-state index contributed by atoms with van der Waals surface area (Å²) >= 11 is 0. The first-order valence-corrected chi connectivity index (χ1v) is 8.82. The minimum absolute atomic E-state index is 0.0322. The van der Waals surface area contributed by atoms with Gasteiger partial charge in [-0.25, -0.2) is 0 Å². The van der Waals surface area contributed by atoms with Gasteiger partial charge in [-0.2, -0.15) is 17.0 Å². The lowest BCUT2D eigenvalue weighted by Gasteiger charge is -2.30. The molecule has 6 nitrogen and oxygen atoms in total. The Morgan fingerprint density at radius 2 is 1.80 bits per heavy atom. The number of nitrogens with zero attached hydrogens (tertiary/aromatic N) is 2. The van der Waals surface area contributed by atoms with Crippen molar-refractivity contribution in [1.82, 2.24) is 8.61 Å². The van der Waals surface area contributed by atoms with Crippen LogP contribution in [0.4, 0.5) is 0 Å². The Hall–Kier alpha value is -0.660. The van der Waals surface area contributed by atoms with E-state index in [2.05, 4.69) is 0 Å². The third kappa shape index (κ3) is 5.38. The van der Waals surface area contributed by atoms with Crippen molar-refractivity contribution in [2.24, 2.45) is 11.7 Å². The lowest BCUT2D eigenvalue weighted by atomic mass is 10.2. The van der Waals surface area contributed by atoms with Gasteiger partial charge in [0.15, 0.2) is 0 Å². The van der Waals surface area contributed by atoms with Crippen LogP contribution in [-0.2, 0) is 10.2 Å².